The number of benzene rings is 3. The molecule has 0 bridgehead atoms. The molecular formula is C24H21ClN6O3S. The van der Waals surface area contributed by atoms with Crippen LogP contribution >= 0.6 is 23.4 Å². The SMILES string of the molecule is Cc1ccc(NC(=O)CSc2nnc(CNc3cccc(Cl)c3)n2-c2ccccc2)cc1[N+](=O)[O-]. The lowest BCUT2D eigenvalue weighted by molar-refractivity contribution is -0.385. The number of aromatic nitrogens is 3. The summed E-state index contributed by atoms with van der Waals surface area (Å²) in [4.78, 5) is 23.3. The first-order chi connectivity index (χ1) is 16.9. The number of halogens is 1. The van der Waals surface area contributed by atoms with Crippen LogP contribution in [0.25, 0.3) is 5.69 Å². The maximum Gasteiger partial charge on any atom is 0.274 e. The molecule has 0 spiro atoms. The van der Waals surface area contributed by atoms with Gasteiger partial charge in [-0.1, -0.05) is 53.7 Å². The molecule has 0 unspecified atom stereocenters. The van der Waals surface area contributed by atoms with Crippen LogP contribution in [0.15, 0.2) is 78.0 Å². The monoisotopic (exact) mass is 508 g/mol. The van der Waals surface area contributed by atoms with Crippen LogP contribution in [0.4, 0.5) is 17.1 Å². The van der Waals surface area contributed by atoms with Crippen molar-refractivity contribution in [3.05, 3.63) is 99.3 Å². The Morgan fingerprint density at radius 1 is 1.06 bits per heavy atom. The second-order valence-electron chi connectivity index (χ2n) is 7.53. The quantitative estimate of drug-likeness (QED) is 0.175. The molecule has 178 valence electrons. The third-order valence-electron chi connectivity index (χ3n) is 5.01. The lowest BCUT2D eigenvalue weighted by atomic mass is 10.2. The molecule has 11 heteroatoms. The standard InChI is InChI=1S/C24H21ClN6O3S/c1-16-10-11-19(13-21(16)31(33)34)27-23(32)15-35-24-29-28-22(30(24)20-8-3-2-4-9-20)14-26-18-7-5-6-17(25)12-18/h2-13,26H,14-15H2,1H3,(H,27,32). The second-order valence-corrected chi connectivity index (χ2v) is 8.91. The van der Waals surface area contributed by atoms with E-state index >= 15 is 0 Å². The van der Waals surface area contributed by atoms with Gasteiger partial charge in [0.05, 0.1) is 17.2 Å². The molecule has 0 saturated carbocycles. The predicted molar refractivity (Wildman–Crippen MR) is 137 cm³/mol. The summed E-state index contributed by atoms with van der Waals surface area (Å²) < 4.78 is 1.88. The van der Waals surface area contributed by atoms with Gasteiger partial charge < -0.3 is 10.6 Å². The first kappa shape index (κ1) is 24.2. The van der Waals surface area contributed by atoms with Crippen LogP contribution in [-0.2, 0) is 11.3 Å². The molecule has 9 nitrogen and oxygen atoms in total. The number of carbonyl (C=O) groups excluding carboxylic acids is 1. The molecule has 1 amide bonds. The smallest absolute Gasteiger partial charge is 0.274 e. The van der Waals surface area contributed by atoms with Crippen LogP contribution in [-0.4, -0.2) is 31.3 Å². The van der Waals surface area contributed by atoms with Gasteiger partial charge >= 0.3 is 0 Å². The summed E-state index contributed by atoms with van der Waals surface area (Å²) >= 11 is 7.29. The third kappa shape index (κ3) is 6.17. The zero-order chi connectivity index (χ0) is 24.8. The predicted octanol–water partition coefficient (Wildman–Crippen LogP) is 5.48. The molecule has 1 aromatic heterocycles. The Kier molecular flexibility index (Phi) is 7.64. The number of amides is 1. The summed E-state index contributed by atoms with van der Waals surface area (Å²) in [5, 5.41) is 26.9. The van der Waals surface area contributed by atoms with Crippen LogP contribution in [0.3, 0.4) is 0 Å². The van der Waals surface area contributed by atoms with E-state index in [9.17, 15) is 14.9 Å². The van der Waals surface area contributed by atoms with Crippen molar-refractivity contribution in [2.24, 2.45) is 0 Å². The molecule has 0 aliphatic carbocycles. The maximum absolute atomic E-state index is 12.6. The Bertz CT molecular complexity index is 1360. The average molecular weight is 509 g/mol. The van der Waals surface area contributed by atoms with Gasteiger partial charge in [0.1, 0.15) is 0 Å². The highest BCUT2D eigenvalue weighted by Crippen LogP contribution is 2.25. The third-order valence-corrected chi connectivity index (χ3v) is 6.18. The van der Waals surface area contributed by atoms with Crippen molar-refractivity contribution in [3.8, 4) is 5.69 Å². The lowest BCUT2D eigenvalue weighted by Gasteiger charge is -2.12. The van der Waals surface area contributed by atoms with E-state index in [1.807, 2.05) is 53.1 Å². The van der Waals surface area contributed by atoms with Crippen LogP contribution in [0.2, 0.25) is 5.02 Å². The highest BCUT2D eigenvalue weighted by atomic mass is 35.5. The molecule has 2 N–H and O–H groups in total. The lowest BCUT2D eigenvalue weighted by Crippen LogP contribution is -2.15. The van der Waals surface area contributed by atoms with E-state index in [4.69, 9.17) is 11.6 Å². The molecule has 0 aliphatic rings. The van der Waals surface area contributed by atoms with Gasteiger partial charge in [-0.25, -0.2) is 0 Å². The molecule has 0 atom stereocenters. The summed E-state index contributed by atoms with van der Waals surface area (Å²) in [7, 11) is 0. The van der Waals surface area contributed by atoms with Crippen LogP contribution in [0.5, 0.6) is 0 Å². The number of rotatable bonds is 9. The normalized spacial score (nSPS) is 10.7. The van der Waals surface area contributed by atoms with E-state index in [0.29, 0.717) is 33.8 Å². The van der Waals surface area contributed by atoms with Gasteiger partial charge in [-0.15, -0.1) is 10.2 Å². The fraction of sp³-hybridized carbons (Fsp3) is 0.125. The average Bonchev–Trinajstić information content (AvgIpc) is 3.26. The number of nitrogens with zero attached hydrogens (tertiary/aromatic N) is 4. The van der Waals surface area contributed by atoms with Crippen molar-refractivity contribution in [1.82, 2.24) is 14.8 Å². The molecule has 0 saturated heterocycles. The molecular weight excluding hydrogens is 488 g/mol. The number of nitro benzene ring substituents is 1. The Morgan fingerprint density at radius 2 is 1.86 bits per heavy atom. The van der Waals surface area contributed by atoms with Crippen molar-refractivity contribution >= 4 is 46.3 Å². The number of thioether (sulfide) groups is 1. The van der Waals surface area contributed by atoms with Crippen LogP contribution in [0.1, 0.15) is 11.4 Å². The van der Waals surface area contributed by atoms with E-state index in [0.717, 1.165) is 11.4 Å². The molecule has 3 aromatic carbocycles. The number of para-hydroxylation sites is 1. The van der Waals surface area contributed by atoms with Gasteiger partial charge in [0.15, 0.2) is 11.0 Å². The molecule has 4 aromatic rings. The van der Waals surface area contributed by atoms with Crippen molar-refractivity contribution in [3.63, 3.8) is 0 Å². The molecule has 0 fully saturated rings. The number of aryl methyl sites for hydroxylation is 1. The minimum atomic E-state index is -0.471. The molecule has 35 heavy (non-hydrogen) atoms. The van der Waals surface area contributed by atoms with E-state index in [1.165, 1.54) is 17.8 Å². The number of carbonyl (C=O) groups is 1. The molecule has 1 heterocycles. The summed E-state index contributed by atoms with van der Waals surface area (Å²) in [5.74, 6) is 0.400. The second kappa shape index (κ2) is 11.0. The van der Waals surface area contributed by atoms with Crippen LogP contribution in [0, 0.1) is 17.0 Å². The van der Waals surface area contributed by atoms with E-state index < -0.39 is 4.92 Å². The van der Waals surface area contributed by atoms with Crippen molar-refractivity contribution in [1.29, 1.82) is 0 Å². The van der Waals surface area contributed by atoms with E-state index in [2.05, 4.69) is 20.8 Å². The number of nitro groups is 1. The molecule has 4 rings (SSSR count). The van der Waals surface area contributed by atoms with Gasteiger partial charge in [0.2, 0.25) is 5.91 Å². The van der Waals surface area contributed by atoms with Crippen LogP contribution < -0.4 is 10.6 Å². The Balaban J connectivity index is 1.48. The summed E-state index contributed by atoms with van der Waals surface area (Å²) in [6.45, 7) is 2.04. The first-order valence-corrected chi connectivity index (χ1v) is 11.9. The van der Waals surface area contributed by atoms with Gasteiger partial charge in [0.25, 0.3) is 5.69 Å². The highest BCUT2D eigenvalue weighted by molar-refractivity contribution is 7.99. The Morgan fingerprint density at radius 3 is 2.60 bits per heavy atom. The summed E-state index contributed by atoms with van der Waals surface area (Å²) in [6, 6.07) is 21.6. The maximum atomic E-state index is 12.6. The highest BCUT2D eigenvalue weighted by Gasteiger charge is 2.17. The van der Waals surface area contributed by atoms with Crippen molar-refractivity contribution < 1.29 is 9.72 Å². The zero-order valence-corrected chi connectivity index (χ0v) is 20.2. The first-order valence-electron chi connectivity index (χ1n) is 10.6. The largest absolute Gasteiger partial charge is 0.378 e. The minimum Gasteiger partial charge on any atom is -0.378 e. The fourth-order valence-electron chi connectivity index (χ4n) is 3.34. The van der Waals surface area contributed by atoms with Gasteiger partial charge in [-0.3, -0.25) is 19.5 Å². The summed E-state index contributed by atoms with van der Waals surface area (Å²) in [6.07, 6.45) is 0. The number of anilines is 2. The minimum absolute atomic E-state index is 0.0453. The van der Waals surface area contributed by atoms with Gasteiger partial charge in [-0.05, 0) is 43.3 Å². The number of hydrogen-bond donors (Lipinski definition) is 2. The van der Waals surface area contributed by atoms with Crippen molar-refractivity contribution in [2.75, 3.05) is 16.4 Å². The Labute approximate surface area is 210 Å². The molecule has 0 radical (unpaired) electrons. The number of hydrogen-bond acceptors (Lipinski definition) is 7. The van der Waals surface area contributed by atoms with E-state index in [-0.39, 0.29) is 17.3 Å². The topological polar surface area (TPSA) is 115 Å². The zero-order valence-electron chi connectivity index (χ0n) is 18.6. The van der Waals surface area contributed by atoms with Crippen molar-refractivity contribution in [2.45, 2.75) is 18.6 Å². The Hall–Kier alpha value is -3.89. The number of nitrogens with one attached hydrogen (secondary N) is 2. The van der Waals surface area contributed by atoms with Gasteiger partial charge in [-0.2, -0.15) is 0 Å². The van der Waals surface area contributed by atoms with E-state index in [1.54, 1.807) is 25.1 Å². The van der Waals surface area contributed by atoms with Gasteiger partial charge in [0, 0.05) is 33.7 Å². The molecule has 0 aliphatic heterocycles. The fourth-order valence-corrected chi connectivity index (χ4v) is 4.30. The summed E-state index contributed by atoms with van der Waals surface area (Å²) in [5.41, 5.74) is 2.55.